The maximum absolute atomic E-state index is 12.2. The average Bonchev–Trinajstić information content (AvgIpc) is 2.52. The van der Waals surface area contributed by atoms with E-state index in [1.165, 1.54) is 6.07 Å². The Labute approximate surface area is 152 Å². The second-order valence-electron chi connectivity index (χ2n) is 5.93. The van der Waals surface area contributed by atoms with Crippen molar-refractivity contribution in [2.75, 3.05) is 13.2 Å². The van der Waals surface area contributed by atoms with Crippen LogP contribution in [0.15, 0.2) is 23.1 Å². The molecule has 0 aliphatic heterocycles. The predicted octanol–water partition coefficient (Wildman–Crippen LogP) is 0.359. The third kappa shape index (κ3) is 7.19. The summed E-state index contributed by atoms with van der Waals surface area (Å²) in [6, 6.07) is 4.05. The summed E-state index contributed by atoms with van der Waals surface area (Å²) in [5.74, 6) is -1.77. The molecule has 0 saturated heterocycles. The van der Waals surface area contributed by atoms with E-state index in [4.69, 9.17) is 0 Å². The SMILES string of the molecule is Cc1ccc(C)c(S(=O)(=O)NCC(=O)OCC(=O)NC(=O)NC(C)C)c1. The lowest BCUT2D eigenvalue weighted by atomic mass is 10.2. The van der Waals surface area contributed by atoms with E-state index < -0.39 is 41.1 Å². The third-order valence-corrected chi connectivity index (χ3v) is 4.62. The fourth-order valence-corrected chi connectivity index (χ4v) is 3.18. The van der Waals surface area contributed by atoms with Crippen molar-refractivity contribution in [1.29, 1.82) is 0 Å². The highest BCUT2D eigenvalue weighted by atomic mass is 32.2. The number of aryl methyl sites for hydroxylation is 2. The number of esters is 1. The fourth-order valence-electron chi connectivity index (χ4n) is 1.89. The van der Waals surface area contributed by atoms with Crippen molar-refractivity contribution in [2.24, 2.45) is 0 Å². The Morgan fingerprint density at radius 1 is 1.15 bits per heavy atom. The Bertz CT molecular complexity index is 789. The van der Waals surface area contributed by atoms with Crippen LogP contribution in [-0.4, -0.2) is 45.5 Å². The van der Waals surface area contributed by atoms with Crippen LogP contribution in [0.25, 0.3) is 0 Å². The van der Waals surface area contributed by atoms with Crippen LogP contribution in [0, 0.1) is 13.8 Å². The Balaban J connectivity index is 2.50. The molecule has 3 amide bonds. The third-order valence-electron chi connectivity index (χ3n) is 3.08. The second kappa shape index (κ2) is 9.30. The van der Waals surface area contributed by atoms with Crippen LogP contribution in [0.3, 0.4) is 0 Å². The smallest absolute Gasteiger partial charge is 0.321 e. The zero-order chi connectivity index (χ0) is 19.9. The molecule has 1 aromatic rings. The van der Waals surface area contributed by atoms with Crippen LogP contribution in [-0.2, 0) is 24.3 Å². The van der Waals surface area contributed by atoms with Gasteiger partial charge in [-0.25, -0.2) is 13.2 Å². The van der Waals surface area contributed by atoms with Crippen molar-refractivity contribution in [2.45, 2.75) is 38.6 Å². The lowest BCUT2D eigenvalue weighted by Crippen LogP contribution is -2.44. The molecular weight excluding hydrogens is 362 g/mol. The van der Waals surface area contributed by atoms with Gasteiger partial charge in [0.05, 0.1) is 4.90 Å². The largest absolute Gasteiger partial charge is 0.455 e. The first-order chi connectivity index (χ1) is 12.0. The molecule has 0 radical (unpaired) electrons. The minimum absolute atomic E-state index is 0.0633. The van der Waals surface area contributed by atoms with Gasteiger partial charge in [0.2, 0.25) is 10.0 Å². The van der Waals surface area contributed by atoms with Crippen LogP contribution in [0.4, 0.5) is 4.79 Å². The summed E-state index contributed by atoms with van der Waals surface area (Å²) >= 11 is 0. The number of hydrogen-bond acceptors (Lipinski definition) is 6. The Morgan fingerprint density at radius 3 is 2.42 bits per heavy atom. The zero-order valence-corrected chi connectivity index (χ0v) is 15.9. The number of rotatable bonds is 7. The van der Waals surface area contributed by atoms with Gasteiger partial charge in [0.15, 0.2) is 6.61 Å². The molecule has 144 valence electrons. The molecule has 0 bridgehead atoms. The van der Waals surface area contributed by atoms with Gasteiger partial charge < -0.3 is 10.1 Å². The van der Waals surface area contributed by atoms with Crippen LogP contribution in [0.2, 0.25) is 0 Å². The molecule has 26 heavy (non-hydrogen) atoms. The van der Waals surface area contributed by atoms with E-state index in [1.54, 1.807) is 39.8 Å². The zero-order valence-electron chi connectivity index (χ0n) is 15.1. The summed E-state index contributed by atoms with van der Waals surface area (Å²) in [5, 5.41) is 4.40. The summed E-state index contributed by atoms with van der Waals surface area (Å²) in [6.45, 7) is 5.48. The van der Waals surface area contributed by atoms with Crippen molar-refractivity contribution in [3.8, 4) is 0 Å². The minimum atomic E-state index is -3.90. The molecule has 3 N–H and O–H groups in total. The molecule has 0 saturated carbocycles. The maximum atomic E-state index is 12.2. The van der Waals surface area contributed by atoms with Crippen molar-refractivity contribution in [1.82, 2.24) is 15.4 Å². The number of amides is 3. The molecule has 1 aromatic carbocycles. The lowest BCUT2D eigenvalue weighted by Gasteiger charge is -2.11. The second-order valence-corrected chi connectivity index (χ2v) is 7.67. The van der Waals surface area contributed by atoms with E-state index in [9.17, 15) is 22.8 Å². The van der Waals surface area contributed by atoms with Gasteiger partial charge in [-0.3, -0.25) is 14.9 Å². The molecule has 0 aliphatic carbocycles. The van der Waals surface area contributed by atoms with Gasteiger partial charge in [-0.15, -0.1) is 0 Å². The number of carbonyl (C=O) groups excluding carboxylic acids is 3. The number of nitrogens with one attached hydrogen (secondary N) is 3. The molecule has 0 unspecified atom stereocenters. The van der Waals surface area contributed by atoms with Crippen LogP contribution >= 0.6 is 0 Å². The van der Waals surface area contributed by atoms with Gasteiger partial charge in [0, 0.05) is 6.04 Å². The minimum Gasteiger partial charge on any atom is -0.455 e. The van der Waals surface area contributed by atoms with E-state index in [0.717, 1.165) is 5.56 Å². The predicted molar refractivity (Wildman–Crippen MR) is 93.9 cm³/mol. The maximum Gasteiger partial charge on any atom is 0.321 e. The van der Waals surface area contributed by atoms with Crippen molar-refractivity contribution < 1.29 is 27.5 Å². The molecule has 0 fully saturated rings. The normalized spacial score (nSPS) is 11.1. The monoisotopic (exact) mass is 385 g/mol. The number of imide groups is 1. The Hall–Kier alpha value is -2.46. The van der Waals surface area contributed by atoms with E-state index in [-0.39, 0.29) is 10.9 Å². The number of ether oxygens (including phenoxy) is 1. The van der Waals surface area contributed by atoms with E-state index in [0.29, 0.717) is 5.56 Å². The summed E-state index contributed by atoms with van der Waals surface area (Å²) in [7, 11) is -3.90. The first kappa shape index (κ1) is 21.6. The van der Waals surface area contributed by atoms with Crippen LogP contribution in [0.1, 0.15) is 25.0 Å². The molecule has 0 aliphatic rings. The molecular formula is C16H23N3O6S. The topological polar surface area (TPSA) is 131 Å². The van der Waals surface area contributed by atoms with E-state index in [1.807, 2.05) is 5.32 Å². The first-order valence-electron chi connectivity index (χ1n) is 7.84. The summed E-state index contributed by atoms with van der Waals surface area (Å²) in [6.07, 6.45) is 0. The van der Waals surface area contributed by atoms with Gasteiger partial charge in [-0.05, 0) is 44.9 Å². The fraction of sp³-hybridized carbons (Fsp3) is 0.438. The highest BCUT2D eigenvalue weighted by molar-refractivity contribution is 7.89. The number of carbonyl (C=O) groups is 3. The summed E-state index contributed by atoms with van der Waals surface area (Å²) in [4.78, 5) is 34.4. The van der Waals surface area contributed by atoms with Crippen molar-refractivity contribution in [3.63, 3.8) is 0 Å². The molecule has 0 spiro atoms. The summed E-state index contributed by atoms with van der Waals surface area (Å²) in [5.41, 5.74) is 1.29. The number of benzene rings is 1. The number of urea groups is 1. The number of hydrogen-bond donors (Lipinski definition) is 3. The van der Waals surface area contributed by atoms with Crippen molar-refractivity contribution >= 4 is 27.9 Å². The molecule has 0 aromatic heterocycles. The Morgan fingerprint density at radius 2 is 1.81 bits per heavy atom. The van der Waals surface area contributed by atoms with Gasteiger partial charge in [-0.1, -0.05) is 12.1 Å². The van der Waals surface area contributed by atoms with E-state index in [2.05, 4.69) is 14.8 Å². The summed E-state index contributed by atoms with van der Waals surface area (Å²) < 4.78 is 31.2. The quantitative estimate of drug-likeness (QED) is 0.581. The Kier molecular flexibility index (Phi) is 7.72. The van der Waals surface area contributed by atoms with Crippen LogP contribution < -0.4 is 15.4 Å². The van der Waals surface area contributed by atoms with Gasteiger partial charge in [0.25, 0.3) is 5.91 Å². The standard InChI is InChI=1S/C16H23N3O6S/c1-10(2)18-16(22)19-14(20)9-25-15(21)8-17-26(23,24)13-7-11(3)5-6-12(13)4/h5-7,10,17H,8-9H2,1-4H3,(H2,18,19,20,22). The highest BCUT2D eigenvalue weighted by Crippen LogP contribution is 2.16. The number of sulfonamides is 1. The molecule has 0 heterocycles. The van der Waals surface area contributed by atoms with Crippen LogP contribution in [0.5, 0.6) is 0 Å². The molecule has 1 rings (SSSR count). The van der Waals surface area contributed by atoms with Crippen molar-refractivity contribution in [3.05, 3.63) is 29.3 Å². The first-order valence-corrected chi connectivity index (χ1v) is 9.32. The van der Waals surface area contributed by atoms with E-state index >= 15 is 0 Å². The molecule has 0 atom stereocenters. The van der Waals surface area contributed by atoms with Gasteiger partial charge in [0.1, 0.15) is 6.54 Å². The van der Waals surface area contributed by atoms with Gasteiger partial charge in [-0.2, -0.15) is 4.72 Å². The average molecular weight is 385 g/mol. The molecule has 10 heteroatoms. The molecule has 9 nitrogen and oxygen atoms in total. The lowest BCUT2D eigenvalue weighted by molar-refractivity contribution is -0.147. The van der Waals surface area contributed by atoms with Gasteiger partial charge >= 0.3 is 12.0 Å². The highest BCUT2D eigenvalue weighted by Gasteiger charge is 2.19.